The van der Waals surface area contributed by atoms with Crippen LogP contribution in [0.2, 0.25) is 0 Å². The predicted octanol–water partition coefficient (Wildman–Crippen LogP) is 3.53. The number of carbonyl (C=O) groups excluding carboxylic acids is 1. The number of nitrogens with zero attached hydrogens (tertiary/aromatic N) is 5. The molecule has 4 rings (SSSR count). The van der Waals surface area contributed by atoms with Crippen LogP contribution < -0.4 is 10.2 Å². The zero-order valence-corrected chi connectivity index (χ0v) is 20.1. The number of hydrogen-bond acceptors (Lipinski definition) is 5. The van der Waals surface area contributed by atoms with Crippen LogP contribution >= 0.6 is 0 Å². The monoisotopic (exact) mass is 434 g/mol. The molecule has 3 heterocycles. The molecule has 7 heteroatoms. The quantitative estimate of drug-likeness (QED) is 0.666. The summed E-state index contributed by atoms with van der Waals surface area (Å²) in [5.41, 5.74) is 8.39. The van der Waals surface area contributed by atoms with Crippen molar-refractivity contribution in [3.05, 3.63) is 46.3 Å². The lowest BCUT2D eigenvalue weighted by Crippen LogP contribution is -2.44. The molecule has 1 fully saturated rings. The van der Waals surface area contributed by atoms with E-state index in [-0.39, 0.29) is 5.91 Å². The van der Waals surface area contributed by atoms with E-state index in [0.29, 0.717) is 12.8 Å². The Labute approximate surface area is 190 Å². The summed E-state index contributed by atoms with van der Waals surface area (Å²) in [7, 11) is 4.09. The number of benzene rings is 1. The Morgan fingerprint density at radius 3 is 2.44 bits per heavy atom. The van der Waals surface area contributed by atoms with Crippen molar-refractivity contribution in [2.45, 2.75) is 40.5 Å². The van der Waals surface area contributed by atoms with E-state index in [1.54, 1.807) is 0 Å². The van der Waals surface area contributed by atoms with E-state index in [0.717, 1.165) is 65.4 Å². The molecule has 0 spiro atoms. The van der Waals surface area contributed by atoms with E-state index >= 15 is 0 Å². The first-order valence-corrected chi connectivity index (χ1v) is 11.4. The van der Waals surface area contributed by atoms with Gasteiger partial charge in [0.15, 0.2) is 5.65 Å². The standard InChI is InChI=1S/C25H34N6O/c1-16-15-20(31-13-11-29(5)12-14-31)7-9-22(16)27-23(32)10-8-21-17(2)24-19(4)28-30(6)25(24)26-18(21)3/h7,9,15H,8,10-14H2,1-6H3,(H,27,32). The summed E-state index contributed by atoms with van der Waals surface area (Å²) in [6.07, 6.45) is 1.09. The van der Waals surface area contributed by atoms with E-state index in [2.05, 4.69) is 53.2 Å². The molecule has 0 aliphatic carbocycles. The van der Waals surface area contributed by atoms with Crippen LogP contribution in [-0.2, 0) is 18.3 Å². The maximum Gasteiger partial charge on any atom is 0.224 e. The summed E-state index contributed by atoms with van der Waals surface area (Å²) in [5, 5.41) is 8.72. The average molecular weight is 435 g/mol. The molecule has 0 unspecified atom stereocenters. The SMILES string of the molecule is Cc1cc(N2CCN(C)CC2)ccc1NC(=O)CCc1c(C)nc2c(c(C)nn2C)c1C. The van der Waals surface area contributed by atoms with Gasteiger partial charge in [0.25, 0.3) is 0 Å². The summed E-state index contributed by atoms with van der Waals surface area (Å²) in [5.74, 6) is 0.0299. The Kier molecular flexibility index (Phi) is 6.20. The minimum Gasteiger partial charge on any atom is -0.369 e. The molecule has 0 saturated carbocycles. The molecule has 32 heavy (non-hydrogen) atoms. The zero-order valence-electron chi connectivity index (χ0n) is 20.1. The molecule has 1 N–H and O–H groups in total. The van der Waals surface area contributed by atoms with Gasteiger partial charge in [-0.05, 0) is 76.1 Å². The minimum absolute atomic E-state index is 0.0299. The van der Waals surface area contributed by atoms with Crippen LogP contribution in [0.4, 0.5) is 11.4 Å². The Hall–Kier alpha value is -2.93. The molecular weight excluding hydrogens is 400 g/mol. The maximum atomic E-state index is 12.8. The van der Waals surface area contributed by atoms with Gasteiger partial charge in [-0.15, -0.1) is 0 Å². The number of hydrogen-bond donors (Lipinski definition) is 1. The Morgan fingerprint density at radius 1 is 1.03 bits per heavy atom. The van der Waals surface area contributed by atoms with E-state index in [4.69, 9.17) is 4.98 Å². The van der Waals surface area contributed by atoms with Crippen LogP contribution in [0.1, 0.15) is 34.5 Å². The summed E-state index contributed by atoms with van der Waals surface area (Å²) in [6, 6.07) is 6.33. The number of rotatable bonds is 5. The molecule has 170 valence electrons. The Balaban J connectivity index is 1.43. The minimum atomic E-state index is 0.0299. The summed E-state index contributed by atoms with van der Waals surface area (Å²) < 4.78 is 1.83. The van der Waals surface area contributed by atoms with E-state index in [9.17, 15) is 4.79 Å². The molecule has 0 bridgehead atoms. The topological polar surface area (TPSA) is 66.3 Å². The number of piperazine rings is 1. The van der Waals surface area contributed by atoms with Gasteiger partial charge in [0.2, 0.25) is 5.91 Å². The van der Waals surface area contributed by atoms with Crippen molar-refractivity contribution in [1.82, 2.24) is 19.7 Å². The predicted molar refractivity (Wildman–Crippen MR) is 131 cm³/mol. The van der Waals surface area contributed by atoms with Crippen LogP contribution in [0, 0.1) is 27.7 Å². The average Bonchev–Trinajstić information content (AvgIpc) is 3.03. The van der Waals surface area contributed by atoms with Gasteiger partial charge in [-0.25, -0.2) is 4.98 Å². The molecule has 7 nitrogen and oxygen atoms in total. The van der Waals surface area contributed by atoms with Gasteiger partial charge in [-0.3, -0.25) is 9.48 Å². The van der Waals surface area contributed by atoms with Gasteiger partial charge in [-0.2, -0.15) is 5.10 Å². The number of likely N-dealkylation sites (N-methyl/N-ethyl adjacent to an activating group) is 1. The first kappa shape index (κ1) is 22.3. The fourth-order valence-corrected chi connectivity index (χ4v) is 4.73. The molecule has 1 aromatic carbocycles. The molecular formula is C25H34N6O. The molecule has 1 aliphatic rings. The highest BCUT2D eigenvalue weighted by atomic mass is 16.1. The molecule has 1 saturated heterocycles. The molecule has 0 atom stereocenters. The highest BCUT2D eigenvalue weighted by Crippen LogP contribution is 2.27. The van der Waals surface area contributed by atoms with Crippen molar-refractivity contribution in [2.75, 3.05) is 43.4 Å². The first-order chi connectivity index (χ1) is 15.2. The van der Waals surface area contributed by atoms with Gasteiger partial charge in [-0.1, -0.05) is 0 Å². The highest BCUT2D eigenvalue weighted by Gasteiger charge is 2.17. The molecule has 0 radical (unpaired) electrons. The van der Waals surface area contributed by atoms with E-state index in [1.807, 2.05) is 31.6 Å². The second-order valence-electron chi connectivity index (χ2n) is 9.05. The Bertz CT molecular complexity index is 1160. The lowest BCUT2D eigenvalue weighted by atomic mass is 9.99. The lowest BCUT2D eigenvalue weighted by molar-refractivity contribution is -0.116. The highest BCUT2D eigenvalue weighted by molar-refractivity contribution is 5.92. The normalized spacial score (nSPS) is 14.9. The fraction of sp³-hybridized carbons (Fsp3) is 0.480. The van der Waals surface area contributed by atoms with Crippen LogP contribution in [0.15, 0.2) is 18.2 Å². The number of carbonyl (C=O) groups is 1. The van der Waals surface area contributed by atoms with Crippen molar-refractivity contribution < 1.29 is 4.79 Å². The molecule has 1 amide bonds. The lowest BCUT2D eigenvalue weighted by Gasteiger charge is -2.34. The second-order valence-corrected chi connectivity index (χ2v) is 9.05. The maximum absolute atomic E-state index is 12.8. The number of pyridine rings is 1. The summed E-state index contributed by atoms with van der Waals surface area (Å²) in [6.45, 7) is 12.4. The third-order valence-corrected chi connectivity index (χ3v) is 6.68. The van der Waals surface area contributed by atoms with Crippen molar-refractivity contribution >= 4 is 28.3 Å². The third kappa shape index (κ3) is 4.35. The molecule has 3 aromatic rings. The summed E-state index contributed by atoms with van der Waals surface area (Å²) >= 11 is 0. The van der Waals surface area contributed by atoms with Crippen LogP contribution in [-0.4, -0.2) is 58.8 Å². The first-order valence-electron chi connectivity index (χ1n) is 11.4. The Morgan fingerprint density at radius 2 is 1.75 bits per heavy atom. The number of nitrogens with one attached hydrogen (secondary N) is 1. The van der Waals surface area contributed by atoms with Crippen molar-refractivity contribution in [2.24, 2.45) is 7.05 Å². The number of aryl methyl sites for hydroxylation is 5. The smallest absolute Gasteiger partial charge is 0.224 e. The third-order valence-electron chi connectivity index (χ3n) is 6.68. The largest absolute Gasteiger partial charge is 0.369 e. The number of amides is 1. The van der Waals surface area contributed by atoms with E-state index in [1.165, 1.54) is 11.3 Å². The zero-order chi connectivity index (χ0) is 23.0. The van der Waals surface area contributed by atoms with Gasteiger partial charge >= 0.3 is 0 Å². The fourth-order valence-electron chi connectivity index (χ4n) is 4.73. The number of anilines is 2. The van der Waals surface area contributed by atoms with Crippen molar-refractivity contribution in [3.63, 3.8) is 0 Å². The van der Waals surface area contributed by atoms with Gasteiger partial charge in [0, 0.05) is 62.1 Å². The number of fused-ring (bicyclic) bond motifs is 1. The molecule has 2 aromatic heterocycles. The van der Waals surface area contributed by atoms with Crippen molar-refractivity contribution in [3.8, 4) is 0 Å². The molecule has 1 aliphatic heterocycles. The van der Waals surface area contributed by atoms with E-state index < -0.39 is 0 Å². The van der Waals surface area contributed by atoms with Crippen LogP contribution in [0.5, 0.6) is 0 Å². The van der Waals surface area contributed by atoms with Crippen LogP contribution in [0.25, 0.3) is 11.0 Å². The second kappa shape index (κ2) is 8.90. The van der Waals surface area contributed by atoms with Gasteiger partial charge in [0.05, 0.1) is 5.69 Å². The number of aromatic nitrogens is 3. The van der Waals surface area contributed by atoms with Crippen molar-refractivity contribution in [1.29, 1.82) is 0 Å². The van der Waals surface area contributed by atoms with Gasteiger partial charge < -0.3 is 15.1 Å². The summed E-state index contributed by atoms with van der Waals surface area (Å²) in [4.78, 5) is 22.3. The van der Waals surface area contributed by atoms with Crippen LogP contribution in [0.3, 0.4) is 0 Å². The van der Waals surface area contributed by atoms with Gasteiger partial charge in [0.1, 0.15) is 0 Å².